The summed E-state index contributed by atoms with van der Waals surface area (Å²) in [5.41, 5.74) is 1.67. The second-order valence-corrected chi connectivity index (χ2v) is 5.53. The Kier molecular flexibility index (Phi) is 3.54. The van der Waals surface area contributed by atoms with E-state index in [9.17, 15) is 4.79 Å². The molecule has 0 aromatic heterocycles. The van der Waals surface area contributed by atoms with Gasteiger partial charge >= 0.3 is 0 Å². The van der Waals surface area contributed by atoms with Crippen LogP contribution in [-0.2, 0) is 4.79 Å². The molecule has 0 saturated carbocycles. The Balaban J connectivity index is 2.94. The number of rotatable bonds is 2. The zero-order valence-electron chi connectivity index (χ0n) is 10.5. The van der Waals surface area contributed by atoms with Gasteiger partial charge in [0.25, 0.3) is 0 Å². The number of carbonyl (C=O) groups is 1. The van der Waals surface area contributed by atoms with Crippen molar-refractivity contribution in [2.24, 2.45) is 17.3 Å². The Morgan fingerprint density at radius 2 is 2.13 bits per heavy atom. The molecule has 0 amide bonds. The molecule has 0 N–H and O–H groups in total. The third-order valence-electron chi connectivity index (χ3n) is 3.25. The van der Waals surface area contributed by atoms with Crippen LogP contribution in [0.1, 0.15) is 41.0 Å². The average molecular weight is 206 g/mol. The van der Waals surface area contributed by atoms with Crippen LogP contribution in [0.5, 0.6) is 0 Å². The minimum atomic E-state index is 0.136. The summed E-state index contributed by atoms with van der Waals surface area (Å²) in [7, 11) is 0. The first-order valence-corrected chi connectivity index (χ1v) is 5.70. The van der Waals surface area contributed by atoms with Gasteiger partial charge in [-0.15, -0.1) is 0 Å². The highest BCUT2D eigenvalue weighted by Gasteiger charge is 2.33. The molecule has 0 fully saturated rings. The van der Waals surface area contributed by atoms with Gasteiger partial charge in [-0.2, -0.15) is 0 Å². The van der Waals surface area contributed by atoms with E-state index < -0.39 is 0 Å². The van der Waals surface area contributed by atoms with Crippen LogP contribution in [-0.4, -0.2) is 5.78 Å². The van der Waals surface area contributed by atoms with E-state index in [1.165, 1.54) is 12.0 Å². The predicted molar refractivity (Wildman–Crippen MR) is 64.6 cm³/mol. The Hall–Kier alpha value is -0.850. The summed E-state index contributed by atoms with van der Waals surface area (Å²) in [5, 5.41) is 0. The van der Waals surface area contributed by atoms with Crippen molar-refractivity contribution in [3.05, 3.63) is 23.8 Å². The molecule has 1 aliphatic rings. The van der Waals surface area contributed by atoms with Gasteiger partial charge in [0.1, 0.15) is 0 Å². The van der Waals surface area contributed by atoms with Gasteiger partial charge in [0, 0.05) is 5.92 Å². The molecule has 0 radical (unpaired) electrons. The van der Waals surface area contributed by atoms with Crippen molar-refractivity contribution in [3.8, 4) is 0 Å². The molecule has 0 saturated heterocycles. The van der Waals surface area contributed by atoms with Crippen molar-refractivity contribution in [1.82, 2.24) is 0 Å². The molecule has 0 heterocycles. The van der Waals surface area contributed by atoms with Gasteiger partial charge in [0.2, 0.25) is 0 Å². The van der Waals surface area contributed by atoms with Crippen LogP contribution < -0.4 is 0 Å². The second-order valence-electron chi connectivity index (χ2n) is 5.53. The van der Waals surface area contributed by atoms with E-state index >= 15 is 0 Å². The lowest BCUT2D eigenvalue weighted by molar-refractivity contribution is -0.112. The van der Waals surface area contributed by atoms with E-state index in [0.717, 1.165) is 0 Å². The van der Waals surface area contributed by atoms with Gasteiger partial charge in [0.15, 0.2) is 5.78 Å². The van der Waals surface area contributed by atoms with Gasteiger partial charge in [-0.1, -0.05) is 38.5 Å². The molecule has 0 spiro atoms. The Morgan fingerprint density at radius 1 is 1.53 bits per heavy atom. The van der Waals surface area contributed by atoms with E-state index in [4.69, 9.17) is 0 Å². The third kappa shape index (κ3) is 3.05. The van der Waals surface area contributed by atoms with E-state index in [-0.39, 0.29) is 11.2 Å². The van der Waals surface area contributed by atoms with Crippen LogP contribution in [0, 0.1) is 17.3 Å². The van der Waals surface area contributed by atoms with E-state index in [1.54, 1.807) is 13.0 Å². The van der Waals surface area contributed by atoms with E-state index in [1.807, 2.05) is 0 Å². The monoisotopic (exact) mass is 206 g/mol. The highest BCUT2D eigenvalue weighted by molar-refractivity contribution is 5.87. The van der Waals surface area contributed by atoms with Gasteiger partial charge < -0.3 is 0 Å². The average Bonchev–Trinajstić information content (AvgIpc) is 1.98. The lowest BCUT2D eigenvalue weighted by atomic mass is 9.66. The summed E-state index contributed by atoms with van der Waals surface area (Å²) in [6.45, 7) is 10.6. The standard InChI is InChI=1S/C14H22O/c1-10-8-11(2)13(7-6-12(3)15)14(4,5)9-10/h6-8,10,13H,9H2,1-5H3/b7-6+. The highest BCUT2D eigenvalue weighted by atomic mass is 16.1. The lowest BCUT2D eigenvalue weighted by Gasteiger charge is -2.39. The van der Waals surface area contributed by atoms with Crippen molar-refractivity contribution >= 4 is 5.78 Å². The second kappa shape index (κ2) is 4.34. The van der Waals surface area contributed by atoms with Crippen molar-refractivity contribution in [1.29, 1.82) is 0 Å². The molecular formula is C14H22O. The molecule has 0 aromatic rings. The highest BCUT2D eigenvalue weighted by Crippen LogP contribution is 2.43. The van der Waals surface area contributed by atoms with Crippen molar-refractivity contribution in [2.75, 3.05) is 0 Å². The molecule has 1 aliphatic carbocycles. The molecule has 2 unspecified atom stereocenters. The van der Waals surface area contributed by atoms with Crippen LogP contribution in [0.15, 0.2) is 23.8 Å². The maximum Gasteiger partial charge on any atom is 0.152 e. The molecule has 84 valence electrons. The summed E-state index contributed by atoms with van der Waals surface area (Å²) in [5.74, 6) is 1.21. The molecule has 1 heteroatoms. The Morgan fingerprint density at radius 3 is 2.60 bits per heavy atom. The topological polar surface area (TPSA) is 17.1 Å². The van der Waals surface area contributed by atoms with Crippen LogP contribution in [0.25, 0.3) is 0 Å². The molecule has 0 bridgehead atoms. The minimum absolute atomic E-state index is 0.136. The summed E-state index contributed by atoms with van der Waals surface area (Å²) < 4.78 is 0. The fourth-order valence-electron chi connectivity index (χ4n) is 2.83. The normalized spacial score (nSPS) is 30.3. The number of hydrogen-bond donors (Lipinski definition) is 0. The van der Waals surface area contributed by atoms with E-state index in [2.05, 4.69) is 39.8 Å². The fraction of sp³-hybridized carbons (Fsp3) is 0.643. The fourth-order valence-corrected chi connectivity index (χ4v) is 2.83. The SMILES string of the molecule is CC(=O)/C=C/C1C(C)=CC(C)CC1(C)C. The quantitative estimate of drug-likeness (QED) is 0.496. The van der Waals surface area contributed by atoms with Gasteiger partial charge in [-0.3, -0.25) is 4.79 Å². The van der Waals surface area contributed by atoms with E-state index in [0.29, 0.717) is 11.8 Å². The van der Waals surface area contributed by atoms with Crippen LogP contribution in [0.4, 0.5) is 0 Å². The molecule has 1 rings (SSSR count). The maximum atomic E-state index is 11.0. The van der Waals surface area contributed by atoms with Crippen molar-refractivity contribution < 1.29 is 4.79 Å². The third-order valence-corrected chi connectivity index (χ3v) is 3.25. The van der Waals surface area contributed by atoms with Gasteiger partial charge in [-0.25, -0.2) is 0 Å². The Bertz CT molecular complexity index is 307. The minimum Gasteiger partial charge on any atom is -0.295 e. The van der Waals surface area contributed by atoms with Crippen LogP contribution in [0.3, 0.4) is 0 Å². The first-order valence-electron chi connectivity index (χ1n) is 5.70. The molecule has 0 aliphatic heterocycles. The molecule has 0 aromatic carbocycles. The Labute approximate surface area is 93.3 Å². The summed E-state index contributed by atoms with van der Waals surface area (Å²) in [6.07, 6.45) is 7.30. The van der Waals surface area contributed by atoms with Crippen molar-refractivity contribution in [3.63, 3.8) is 0 Å². The first kappa shape index (κ1) is 12.2. The number of ketones is 1. The summed E-state index contributed by atoms with van der Waals surface area (Å²) in [4.78, 5) is 11.0. The smallest absolute Gasteiger partial charge is 0.152 e. The van der Waals surface area contributed by atoms with Gasteiger partial charge in [-0.05, 0) is 37.7 Å². The van der Waals surface area contributed by atoms with Gasteiger partial charge in [0.05, 0.1) is 0 Å². The number of allylic oxidation sites excluding steroid dienone is 4. The van der Waals surface area contributed by atoms with Crippen molar-refractivity contribution in [2.45, 2.75) is 41.0 Å². The molecule has 15 heavy (non-hydrogen) atoms. The van der Waals surface area contributed by atoms with Crippen LogP contribution in [0.2, 0.25) is 0 Å². The number of hydrogen-bond acceptors (Lipinski definition) is 1. The maximum absolute atomic E-state index is 11.0. The zero-order valence-corrected chi connectivity index (χ0v) is 10.5. The summed E-state index contributed by atoms with van der Waals surface area (Å²) in [6, 6.07) is 0. The molecule has 2 atom stereocenters. The molecular weight excluding hydrogens is 184 g/mol. The first-order chi connectivity index (χ1) is 6.83. The summed E-state index contributed by atoms with van der Waals surface area (Å²) >= 11 is 0. The lowest BCUT2D eigenvalue weighted by Crippen LogP contribution is -2.29. The van der Waals surface area contributed by atoms with Crippen LogP contribution >= 0.6 is 0 Å². The zero-order chi connectivity index (χ0) is 11.6. The largest absolute Gasteiger partial charge is 0.295 e. The predicted octanol–water partition coefficient (Wildman–Crippen LogP) is 3.76. The number of carbonyl (C=O) groups excluding carboxylic acids is 1. The molecule has 1 nitrogen and oxygen atoms in total.